The van der Waals surface area contributed by atoms with Gasteiger partial charge < -0.3 is 4.74 Å². The molecule has 2 rings (SSSR count). The van der Waals surface area contributed by atoms with E-state index in [1.54, 1.807) is 18.5 Å². The summed E-state index contributed by atoms with van der Waals surface area (Å²) in [4.78, 5) is 7.80. The molecule has 0 unspecified atom stereocenters. The number of nitrogens with zero attached hydrogens (tertiary/aromatic N) is 2. The molecule has 0 saturated heterocycles. The van der Waals surface area contributed by atoms with Crippen molar-refractivity contribution < 1.29 is 4.74 Å². The monoisotopic (exact) mass is 406 g/mol. The van der Waals surface area contributed by atoms with Crippen molar-refractivity contribution in [3.63, 3.8) is 0 Å². The topological polar surface area (TPSA) is 35.0 Å². The van der Waals surface area contributed by atoms with Crippen LogP contribution >= 0.6 is 43.5 Å². The highest BCUT2D eigenvalue weighted by Crippen LogP contribution is 2.15. The molecule has 2 aromatic heterocycles. The van der Waals surface area contributed by atoms with Crippen LogP contribution in [0.25, 0.3) is 0 Å². The van der Waals surface area contributed by atoms with Crippen molar-refractivity contribution in [1.82, 2.24) is 9.97 Å². The van der Waals surface area contributed by atoms with Crippen molar-refractivity contribution >= 4 is 43.5 Å². The maximum atomic E-state index is 5.50. The second kappa shape index (κ2) is 8.51. The minimum atomic E-state index is 0.178. The van der Waals surface area contributed by atoms with E-state index in [2.05, 4.69) is 41.8 Å². The largest absolute Gasteiger partial charge is 0.475 e. The highest BCUT2D eigenvalue weighted by molar-refractivity contribution is 9.10. The van der Waals surface area contributed by atoms with E-state index >= 15 is 0 Å². The van der Waals surface area contributed by atoms with Crippen LogP contribution < -0.4 is 4.74 Å². The van der Waals surface area contributed by atoms with E-state index < -0.39 is 0 Å². The number of pyridine rings is 2. The van der Waals surface area contributed by atoms with Gasteiger partial charge >= 0.3 is 0 Å². The van der Waals surface area contributed by atoms with Crippen LogP contribution in [0.5, 0.6) is 5.88 Å². The Morgan fingerprint density at radius 3 is 2.05 bits per heavy atom. The Bertz CT molecular complexity index is 506. The summed E-state index contributed by atoms with van der Waals surface area (Å²) in [5.41, 5.74) is 0. The normalized spacial score (nSPS) is 9.79. The number of halogens is 3. The molecular formula is C13H13Br2ClN2O. The van der Waals surface area contributed by atoms with Gasteiger partial charge in [0.1, 0.15) is 5.15 Å². The number of hydrogen-bond acceptors (Lipinski definition) is 3. The molecule has 2 aromatic rings. The number of aromatic nitrogens is 2. The number of hydrogen-bond donors (Lipinski definition) is 0. The molecular weight excluding hydrogens is 395 g/mol. The van der Waals surface area contributed by atoms with Crippen LogP contribution in [0, 0.1) is 0 Å². The van der Waals surface area contributed by atoms with Gasteiger partial charge in [0.15, 0.2) is 0 Å². The fourth-order valence-corrected chi connectivity index (χ4v) is 2.02. The molecule has 0 amide bonds. The van der Waals surface area contributed by atoms with Gasteiger partial charge in [-0.25, -0.2) is 9.97 Å². The molecule has 0 N–H and O–H groups in total. The Labute approximate surface area is 134 Å². The maximum absolute atomic E-state index is 5.50. The van der Waals surface area contributed by atoms with Gasteiger partial charge in [0.05, 0.1) is 6.10 Å². The molecule has 0 fully saturated rings. The summed E-state index contributed by atoms with van der Waals surface area (Å²) in [6, 6.07) is 7.28. The number of rotatable bonds is 2. The smallest absolute Gasteiger partial charge is 0.214 e. The summed E-state index contributed by atoms with van der Waals surface area (Å²) in [5.74, 6) is 0.661. The van der Waals surface area contributed by atoms with Crippen LogP contribution in [0.15, 0.2) is 45.6 Å². The van der Waals surface area contributed by atoms with Crippen molar-refractivity contribution in [2.75, 3.05) is 0 Å². The predicted octanol–water partition coefficient (Wildman–Crippen LogP) is 5.13. The van der Waals surface area contributed by atoms with Crippen LogP contribution in [0.1, 0.15) is 13.8 Å². The maximum Gasteiger partial charge on any atom is 0.214 e. The summed E-state index contributed by atoms with van der Waals surface area (Å²) in [7, 11) is 0. The van der Waals surface area contributed by atoms with E-state index in [9.17, 15) is 0 Å². The average molecular weight is 409 g/mol. The molecule has 0 aliphatic carbocycles. The summed E-state index contributed by atoms with van der Waals surface area (Å²) in [6.45, 7) is 3.95. The Morgan fingerprint density at radius 2 is 1.63 bits per heavy atom. The lowest BCUT2D eigenvalue weighted by Crippen LogP contribution is -2.06. The molecule has 102 valence electrons. The summed E-state index contributed by atoms with van der Waals surface area (Å²) < 4.78 is 7.30. The van der Waals surface area contributed by atoms with E-state index in [-0.39, 0.29) is 6.10 Å². The van der Waals surface area contributed by atoms with Crippen molar-refractivity contribution in [3.8, 4) is 5.88 Å². The SMILES string of the molecule is CC(C)Oc1cc(Br)ccn1.Clc1cc(Br)ccn1. The molecule has 0 spiro atoms. The molecule has 0 aliphatic rings. The van der Waals surface area contributed by atoms with Gasteiger partial charge in [0.2, 0.25) is 5.88 Å². The zero-order chi connectivity index (χ0) is 14.3. The third-order valence-electron chi connectivity index (χ3n) is 1.74. The van der Waals surface area contributed by atoms with E-state index in [4.69, 9.17) is 16.3 Å². The average Bonchev–Trinajstić information content (AvgIpc) is 2.28. The highest BCUT2D eigenvalue weighted by atomic mass is 79.9. The van der Waals surface area contributed by atoms with Gasteiger partial charge in [-0.2, -0.15) is 0 Å². The first-order valence-electron chi connectivity index (χ1n) is 5.52. The van der Waals surface area contributed by atoms with Crippen LogP contribution in [0.3, 0.4) is 0 Å². The van der Waals surface area contributed by atoms with E-state index in [1.165, 1.54) is 0 Å². The second-order valence-electron chi connectivity index (χ2n) is 3.78. The molecule has 19 heavy (non-hydrogen) atoms. The molecule has 0 aromatic carbocycles. The highest BCUT2D eigenvalue weighted by Gasteiger charge is 1.97. The summed E-state index contributed by atoms with van der Waals surface area (Å²) in [5, 5.41) is 0.513. The fourth-order valence-electron chi connectivity index (χ4n) is 1.07. The van der Waals surface area contributed by atoms with Gasteiger partial charge in [-0.3, -0.25) is 0 Å². The lowest BCUT2D eigenvalue weighted by Gasteiger charge is -2.07. The van der Waals surface area contributed by atoms with E-state index in [0.29, 0.717) is 11.0 Å². The predicted molar refractivity (Wildman–Crippen MR) is 84.6 cm³/mol. The summed E-state index contributed by atoms with van der Waals surface area (Å²) in [6.07, 6.45) is 3.53. The molecule has 0 aliphatic heterocycles. The van der Waals surface area contributed by atoms with Gasteiger partial charge in [-0.05, 0) is 32.0 Å². The van der Waals surface area contributed by atoms with Crippen LogP contribution in [-0.2, 0) is 0 Å². The van der Waals surface area contributed by atoms with Crippen molar-refractivity contribution in [3.05, 3.63) is 50.8 Å². The lowest BCUT2D eigenvalue weighted by molar-refractivity contribution is 0.232. The molecule has 0 saturated carbocycles. The van der Waals surface area contributed by atoms with Gasteiger partial charge in [-0.15, -0.1) is 0 Å². The third kappa shape index (κ3) is 7.50. The fraction of sp³-hybridized carbons (Fsp3) is 0.231. The third-order valence-corrected chi connectivity index (χ3v) is 2.94. The van der Waals surface area contributed by atoms with Crippen LogP contribution in [0.2, 0.25) is 5.15 Å². The minimum Gasteiger partial charge on any atom is -0.475 e. The van der Waals surface area contributed by atoms with E-state index in [1.807, 2.05) is 32.0 Å². The minimum absolute atomic E-state index is 0.178. The van der Waals surface area contributed by atoms with Crippen LogP contribution in [0.4, 0.5) is 0 Å². The molecule has 2 heterocycles. The molecule has 6 heteroatoms. The Hall–Kier alpha value is -0.650. The Balaban J connectivity index is 0.000000200. The first kappa shape index (κ1) is 16.4. The van der Waals surface area contributed by atoms with Gasteiger partial charge in [0.25, 0.3) is 0 Å². The molecule has 0 atom stereocenters. The first-order chi connectivity index (χ1) is 8.97. The Morgan fingerprint density at radius 1 is 1.05 bits per heavy atom. The van der Waals surface area contributed by atoms with Crippen molar-refractivity contribution in [2.24, 2.45) is 0 Å². The molecule has 0 radical (unpaired) electrons. The summed E-state index contributed by atoms with van der Waals surface area (Å²) >= 11 is 12.1. The van der Waals surface area contributed by atoms with Gasteiger partial charge in [-0.1, -0.05) is 43.5 Å². The second-order valence-corrected chi connectivity index (χ2v) is 5.99. The lowest BCUT2D eigenvalue weighted by atomic mass is 10.4. The van der Waals surface area contributed by atoms with E-state index in [0.717, 1.165) is 8.95 Å². The standard InChI is InChI=1S/C8H10BrNO.C5H3BrClN/c1-6(2)11-8-5-7(9)3-4-10-8;6-4-1-2-8-5(7)3-4/h3-6H,1-2H3;1-3H. The first-order valence-corrected chi connectivity index (χ1v) is 7.49. The van der Waals surface area contributed by atoms with Crippen LogP contribution in [-0.4, -0.2) is 16.1 Å². The molecule has 3 nitrogen and oxygen atoms in total. The van der Waals surface area contributed by atoms with Crippen molar-refractivity contribution in [1.29, 1.82) is 0 Å². The Kier molecular flexibility index (Phi) is 7.34. The number of ether oxygens (including phenoxy) is 1. The van der Waals surface area contributed by atoms with Crippen molar-refractivity contribution in [2.45, 2.75) is 20.0 Å². The zero-order valence-electron chi connectivity index (χ0n) is 10.5. The quantitative estimate of drug-likeness (QED) is 0.646. The van der Waals surface area contributed by atoms with Gasteiger partial charge in [0, 0.05) is 27.4 Å². The zero-order valence-corrected chi connectivity index (χ0v) is 14.4. The molecule has 0 bridgehead atoms.